The fourth-order valence-electron chi connectivity index (χ4n) is 4.71. The molecule has 1 aromatic carbocycles. The largest absolute Gasteiger partial charge is 0.400 e. The van der Waals surface area contributed by atoms with Crippen molar-refractivity contribution >= 4 is 28.6 Å². The summed E-state index contributed by atoms with van der Waals surface area (Å²) in [5.74, 6) is 0.807. The van der Waals surface area contributed by atoms with Crippen molar-refractivity contribution < 1.29 is 0 Å². The maximum absolute atomic E-state index is 6.13. The second-order valence-corrected chi connectivity index (χ2v) is 9.83. The van der Waals surface area contributed by atoms with Gasteiger partial charge in [0.05, 0.1) is 22.8 Å². The van der Waals surface area contributed by atoms with Crippen LogP contribution in [-0.2, 0) is 6.42 Å². The standard InChI is InChI=1S/C32H40N6/c1-6-8-9-12-25-15-20-31-35-23(4)32(38(31)21-25)29(7-2)37-24(5)36-27-18-16-26(17-19-27)22(3)34-30-14-11-10-13-28(30)33/h7,11,14-21,34H,3,6,8-10,12-13,33H2,1-2,4-5H3,(H,36,37)/b29-7-. The zero-order chi connectivity index (χ0) is 27.1. The molecule has 38 heavy (non-hydrogen) atoms. The van der Waals surface area contributed by atoms with Crippen molar-refractivity contribution in [3.63, 3.8) is 0 Å². The van der Waals surface area contributed by atoms with Crippen molar-refractivity contribution in [2.45, 2.75) is 66.2 Å². The van der Waals surface area contributed by atoms with Crippen molar-refractivity contribution in [2.24, 2.45) is 10.7 Å². The summed E-state index contributed by atoms with van der Waals surface area (Å²) in [6.45, 7) is 12.5. The lowest BCUT2D eigenvalue weighted by molar-refractivity contribution is 0.715. The summed E-state index contributed by atoms with van der Waals surface area (Å²) in [5.41, 5.74) is 15.9. The van der Waals surface area contributed by atoms with Crippen LogP contribution in [0.1, 0.15) is 75.4 Å². The first kappa shape index (κ1) is 27.0. The number of allylic oxidation sites excluding steroid dienone is 4. The molecule has 6 nitrogen and oxygen atoms in total. The summed E-state index contributed by atoms with van der Waals surface area (Å²) >= 11 is 0. The van der Waals surface area contributed by atoms with Crippen molar-refractivity contribution in [2.75, 3.05) is 5.32 Å². The molecule has 0 atom stereocenters. The predicted molar refractivity (Wildman–Crippen MR) is 162 cm³/mol. The molecular weight excluding hydrogens is 468 g/mol. The molecule has 6 heteroatoms. The molecule has 0 spiro atoms. The number of aryl methyl sites for hydroxylation is 2. The van der Waals surface area contributed by atoms with Gasteiger partial charge in [-0.1, -0.05) is 56.7 Å². The number of nitrogens with two attached hydrogens (primary N) is 1. The number of anilines is 1. The summed E-state index contributed by atoms with van der Waals surface area (Å²) in [7, 11) is 0. The molecule has 0 saturated carbocycles. The molecular formula is C32H40N6. The fourth-order valence-corrected chi connectivity index (χ4v) is 4.71. The van der Waals surface area contributed by atoms with Gasteiger partial charge in [0.1, 0.15) is 11.5 Å². The number of hydrogen-bond donors (Lipinski definition) is 3. The van der Waals surface area contributed by atoms with Crippen LogP contribution in [0, 0.1) is 6.92 Å². The molecule has 2 heterocycles. The first-order chi connectivity index (χ1) is 18.4. The number of nitrogens with one attached hydrogen (secondary N) is 2. The maximum atomic E-state index is 6.13. The van der Waals surface area contributed by atoms with Crippen LogP contribution in [0.15, 0.2) is 83.8 Å². The van der Waals surface area contributed by atoms with Gasteiger partial charge in [0.2, 0.25) is 0 Å². The molecule has 0 bridgehead atoms. The summed E-state index contributed by atoms with van der Waals surface area (Å²) in [4.78, 5) is 9.73. The quantitative estimate of drug-likeness (QED) is 0.152. The van der Waals surface area contributed by atoms with Gasteiger partial charge in [-0.15, -0.1) is 0 Å². The molecule has 1 aliphatic carbocycles. The number of imidazole rings is 1. The lowest BCUT2D eigenvalue weighted by Crippen LogP contribution is -2.17. The number of benzene rings is 1. The summed E-state index contributed by atoms with van der Waals surface area (Å²) in [6.07, 6.45) is 15.0. The van der Waals surface area contributed by atoms with Crippen molar-refractivity contribution in [3.05, 3.63) is 101 Å². The Balaban J connectivity index is 1.48. The fraction of sp³-hybridized carbons (Fsp3) is 0.312. The van der Waals surface area contributed by atoms with E-state index in [0.29, 0.717) is 0 Å². The molecule has 0 aliphatic heterocycles. The molecule has 0 unspecified atom stereocenters. The van der Waals surface area contributed by atoms with Crippen molar-refractivity contribution in [1.29, 1.82) is 0 Å². The van der Waals surface area contributed by atoms with Gasteiger partial charge in [-0.25, -0.2) is 9.98 Å². The molecule has 0 saturated heterocycles. The molecule has 4 N–H and O–H groups in total. The Kier molecular flexibility index (Phi) is 8.85. The van der Waals surface area contributed by atoms with Gasteiger partial charge in [0.15, 0.2) is 0 Å². The Morgan fingerprint density at radius 1 is 1.16 bits per heavy atom. The molecule has 4 rings (SSSR count). The smallest absolute Gasteiger partial charge is 0.137 e. The normalized spacial score (nSPS) is 14.3. The van der Waals surface area contributed by atoms with Gasteiger partial charge in [0, 0.05) is 23.3 Å². The van der Waals surface area contributed by atoms with E-state index in [4.69, 9.17) is 15.7 Å². The van der Waals surface area contributed by atoms with Crippen LogP contribution in [0.3, 0.4) is 0 Å². The highest BCUT2D eigenvalue weighted by Gasteiger charge is 2.14. The highest BCUT2D eigenvalue weighted by molar-refractivity contribution is 5.97. The van der Waals surface area contributed by atoms with Gasteiger partial charge in [0.25, 0.3) is 0 Å². The number of aliphatic imine (C=N–C) groups is 1. The highest BCUT2D eigenvalue weighted by Crippen LogP contribution is 2.24. The third-order valence-corrected chi connectivity index (χ3v) is 6.78. The topological polar surface area (TPSA) is 79.7 Å². The van der Waals surface area contributed by atoms with E-state index in [1.165, 1.54) is 24.8 Å². The predicted octanol–water partition coefficient (Wildman–Crippen LogP) is 7.35. The van der Waals surface area contributed by atoms with E-state index in [-0.39, 0.29) is 0 Å². The van der Waals surface area contributed by atoms with Crippen LogP contribution in [0.5, 0.6) is 0 Å². The summed E-state index contributed by atoms with van der Waals surface area (Å²) in [6, 6.07) is 12.5. The van der Waals surface area contributed by atoms with Gasteiger partial charge >= 0.3 is 0 Å². The van der Waals surface area contributed by atoms with Gasteiger partial charge in [-0.2, -0.15) is 0 Å². The van der Waals surface area contributed by atoms with Crippen LogP contribution in [0.2, 0.25) is 0 Å². The van der Waals surface area contributed by atoms with Gasteiger partial charge in [-0.05, 0) is 81.9 Å². The van der Waals surface area contributed by atoms with E-state index in [1.54, 1.807) is 0 Å². The Morgan fingerprint density at radius 2 is 1.95 bits per heavy atom. The molecule has 0 radical (unpaired) electrons. The molecule has 0 fully saturated rings. The number of amidine groups is 1. The van der Waals surface area contributed by atoms with Crippen LogP contribution in [0.25, 0.3) is 17.0 Å². The third kappa shape index (κ3) is 6.43. The molecule has 3 aromatic rings. The molecule has 0 amide bonds. The number of hydrogen-bond acceptors (Lipinski definition) is 4. The number of unbranched alkanes of at least 4 members (excludes halogenated alkanes) is 2. The van der Waals surface area contributed by atoms with Crippen molar-refractivity contribution in [3.8, 4) is 0 Å². The Bertz CT molecular complexity index is 1420. The average molecular weight is 509 g/mol. The van der Waals surface area contributed by atoms with Crippen LogP contribution < -0.4 is 16.4 Å². The minimum atomic E-state index is 0.807. The zero-order valence-electron chi connectivity index (χ0n) is 23.1. The van der Waals surface area contributed by atoms with E-state index in [2.05, 4.69) is 52.9 Å². The first-order valence-corrected chi connectivity index (χ1v) is 13.6. The zero-order valence-corrected chi connectivity index (χ0v) is 23.1. The molecule has 198 valence electrons. The first-order valence-electron chi connectivity index (χ1n) is 13.6. The number of pyridine rings is 1. The Hall–Kier alpha value is -4.06. The van der Waals surface area contributed by atoms with E-state index in [9.17, 15) is 0 Å². The van der Waals surface area contributed by atoms with Gasteiger partial charge < -0.3 is 16.4 Å². The van der Waals surface area contributed by atoms with E-state index in [1.807, 2.05) is 57.2 Å². The lowest BCUT2D eigenvalue weighted by atomic mass is 10.1. The third-order valence-electron chi connectivity index (χ3n) is 6.78. The lowest BCUT2D eigenvalue weighted by Gasteiger charge is -2.16. The van der Waals surface area contributed by atoms with Crippen molar-refractivity contribution in [1.82, 2.24) is 14.7 Å². The number of fused-ring (bicyclic) bond motifs is 1. The van der Waals surface area contributed by atoms with Crippen LogP contribution >= 0.6 is 0 Å². The average Bonchev–Trinajstić information content (AvgIpc) is 3.24. The minimum absolute atomic E-state index is 0.807. The second kappa shape index (κ2) is 12.5. The number of aromatic nitrogens is 2. The monoisotopic (exact) mass is 508 g/mol. The summed E-state index contributed by atoms with van der Waals surface area (Å²) < 4.78 is 2.18. The Morgan fingerprint density at radius 3 is 2.66 bits per heavy atom. The second-order valence-electron chi connectivity index (χ2n) is 9.83. The van der Waals surface area contributed by atoms with E-state index < -0.39 is 0 Å². The minimum Gasteiger partial charge on any atom is -0.400 e. The Labute approximate surface area is 226 Å². The maximum Gasteiger partial charge on any atom is 0.137 e. The van der Waals surface area contributed by atoms with Crippen LogP contribution in [-0.4, -0.2) is 15.2 Å². The van der Waals surface area contributed by atoms with Crippen LogP contribution in [0.4, 0.5) is 5.69 Å². The molecule has 1 aliphatic rings. The van der Waals surface area contributed by atoms with E-state index in [0.717, 1.165) is 76.2 Å². The number of nitrogens with zero attached hydrogens (tertiary/aromatic N) is 3. The summed E-state index contributed by atoms with van der Waals surface area (Å²) in [5, 5.41) is 6.77. The van der Waals surface area contributed by atoms with Gasteiger partial charge in [-0.3, -0.25) is 4.40 Å². The van der Waals surface area contributed by atoms with E-state index >= 15 is 0 Å². The SMILES string of the molecule is C=C(NC1=C(N)CCC=C1)c1ccc(NC(C)=N/C(=C\C)c2c(C)nc3ccc(CCCCC)cn23)cc1. The highest BCUT2D eigenvalue weighted by atomic mass is 15.1. The molecule has 2 aromatic heterocycles. The number of rotatable bonds is 10.